The zero-order valence-corrected chi connectivity index (χ0v) is 8.89. The number of rotatable bonds is 1. The van der Waals surface area contributed by atoms with Crippen molar-refractivity contribution in [2.24, 2.45) is 11.8 Å². The summed E-state index contributed by atoms with van der Waals surface area (Å²) in [5.41, 5.74) is 0. The van der Waals surface area contributed by atoms with Crippen LogP contribution in [0, 0.1) is 11.8 Å². The number of piperidine rings is 1. The third kappa shape index (κ3) is 2.22. The summed E-state index contributed by atoms with van der Waals surface area (Å²) >= 11 is 0. The van der Waals surface area contributed by atoms with Crippen LogP contribution in [0.15, 0.2) is 0 Å². The van der Waals surface area contributed by atoms with E-state index in [1.54, 1.807) is 18.7 Å². The van der Waals surface area contributed by atoms with Gasteiger partial charge in [-0.15, -0.1) is 0 Å². The number of carbonyl (C=O) groups is 1. The normalized spacial score (nSPS) is 26.7. The van der Waals surface area contributed by atoms with Gasteiger partial charge >= 0.3 is 0 Å². The van der Waals surface area contributed by atoms with Crippen LogP contribution in [0.1, 0.15) is 27.2 Å². The smallest absolute Gasteiger partial charge is 0.254 e. The Kier molecular flexibility index (Phi) is 3.12. The van der Waals surface area contributed by atoms with Gasteiger partial charge in [0.15, 0.2) is 0 Å². The molecule has 0 N–H and O–H groups in total. The summed E-state index contributed by atoms with van der Waals surface area (Å²) in [5, 5.41) is 0. The maximum Gasteiger partial charge on any atom is 0.254 e. The van der Waals surface area contributed by atoms with Crippen molar-refractivity contribution in [3.05, 3.63) is 0 Å². The molecule has 4 heteroatoms. The van der Waals surface area contributed by atoms with Crippen LogP contribution in [-0.4, -0.2) is 29.8 Å². The summed E-state index contributed by atoms with van der Waals surface area (Å²) in [5.74, 6) is -3.45. The average molecular weight is 205 g/mol. The molecule has 1 heterocycles. The van der Waals surface area contributed by atoms with Crippen LogP contribution in [0.2, 0.25) is 0 Å². The molecular formula is C10H17F2NO. The molecule has 1 fully saturated rings. The number of amides is 1. The summed E-state index contributed by atoms with van der Waals surface area (Å²) in [6, 6.07) is 0. The molecule has 82 valence electrons. The molecular weight excluding hydrogens is 188 g/mol. The lowest BCUT2D eigenvalue weighted by Crippen LogP contribution is -2.49. The number of likely N-dealkylation sites (tertiary alicyclic amines) is 1. The van der Waals surface area contributed by atoms with Crippen LogP contribution < -0.4 is 0 Å². The Bertz CT molecular complexity index is 228. The van der Waals surface area contributed by atoms with E-state index in [1.165, 1.54) is 6.92 Å². The van der Waals surface area contributed by atoms with E-state index in [1.807, 2.05) is 0 Å². The van der Waals surface area contributed by atoms with E-state index >= 15 is 0 Å². The molecule has 1 aliphatic heterocycles. The highest BCUT2D eigenvalue weighted by Gasteiger charge is 2.42. The first-order valence-corrected chi connectivity index (χ1v) is 5.01. The van der Waals surface area contributed by atoms with Crippen molar-refractivity contribution in [2.45, 2.75) is 33.1 Å². The second-order valence-corrected chi connectivity index (χ2v) is 4.35. The van der Waals surface area contributed by atoms with Crippen LogP contribution >= 0.6 is 0 Å². The number of alkyl halides is 2. The highest BCUT2D eigenvalue weighted by molar-refractivity contribution is 5.78. The number of halogens is 2. The molecule has 2 nitrogen and oxygen atoms in total. The quantitative estimate of drug-likeness (QED) is 0.642. The van der Waals surface area contributed by atoms with Gasteiger partial charge < -0.3 is 4.90 Å². The minimum absolute atomic E-state index is 0.0210. The van der Waals surface area contributed by atoms with Gasteiger partial charge in [-0.3, -0.25) is 4.79 Å². The minimum Gasteiger partial charge on any atom is -0.342 e. The Labute approximate surface area is 83.3 Å². The van der Waals surface area contributed by atoms with Crippen LogP contribution in [-0.2, 0) is 4.79 Å². The Morgan fingerprint density at radius 1 is 1.50 bits per heavy atom. The third-order valence-electron chi connectivity index (χ3n) is 2.74. The van der Waals surface area contributed by atoms with E-state index in [0.717, 1.165) is 0 Å². The Morgan fingerprint density at radius 3 is 2.50 bits per heavy atom. The summed E-state index contributed by atoms with van der Waals surface area (Å²) in [6.45, 7) is 5.46. The zero-order chi connectivity index (χ0) is 10.9. The molecule has 1 atom stereocenters. The molecule has 0 radical (unpaired) electrons. The Morgan fingerprint density at radius 2 is 2.07 bits per heavy atom. The van der Waals surface area contributed by atoms with Gasteiger partial charge in [-0.25, -0.2) is 8.78 Å². The molecule has 1 amide bonds. The van der Waals surface area contributed by atoms with Gasteiger partial charge in [0.25, 0.3) is 5.92 Å². The van der Waals surface area contributed by atoms with Crippen LogP contribution in [0.3, 0.4) is 0 Å². The maximum atomic E-state index is 13.1. The van der Waals surface area contributed by atoms with Crippen molar-refractivity contribution < 1.29 is 13.6 Å². The summed E-state index contributed by atoms with van der Waals surface area (Å²) in [6.07, 6.45) is -0.202. The second-order valence-electron chi connectivity index (χ2n) is 4.35. The summed E-state index contributed by atoms with van der Waals surface area (Å²) < 4.78 is 26.2. The fourth-order valence-electron chi connectivity index (χ4n) is 1.65. The second kappa shape index (κ2) is 3.83. The van der Waals surface area contributed by atoms with E-state index in [2.05, 4.69) is 0 Å². The number of carbonyl (C=O) groups excluding carboxylic acids is 1. The molecule has 0 spiro atoms. The van der Waals surface area contributed by atoms with E-state index in [0.29, 0.717) is 0 Å². The van der Waals surface area contributed by atoms with E-state index in [9.17, 15) is 13.6 Å². The lowest BCUT2D eigenvalue weighted by molar-refractivity contribution is -0.146. The average Bonchev–Trinajstić information content (AvgIpc) is 2.08. The predicted octanol–water partition coefficient (Wildman–Crippen LogP) is 2.15. The molecule has 0 aromatic heterocycles. The minimum atomic E-state index is -2.60. The first kappa shape index (κ1) is 11.4. The molecule has 14 heavy (non-hydrogen) atoms. The highest BCUT2D eigenvalue weighted by Crippen LogP contribution is 2.33. The van der Waals surface area contributed by atoms with Crippen LogP contribution in [0.25, 0.3) is 0 Å². The lowest BCUT2D eigenvalue weighted by atomic mass is 9.94. The molecule has 0 aromatic rings. The third-order valence-corrected chi connectivity index (χ3v) is 2.74. The molecule has 0 aliphatic carbocycles. The van der Waals surface area contributed by atoms with Gasteiger partial charge in [-0.05, 0) is 0 Å². The van der Waals surface area contributed by atoms with Crippen molar-refractivity contribution in [3.63, 3.8) is 0 Å². The van der Waals surface area contributed by atoms with Crippen molar-refractivity contribution >= 4 is 5.91 Å². The Hall–Kier alpha value is -0.670. The number of hydrogen-bond donors (Lipinski definition) is 0. The van der Waals surface area contributed by atoms with Gasteiger partial charge in [0.2, 0.25) is 5.91 Å². The standard InChI is InChI=1S/C10H17F2NO/c1-7(2)9(14)13-5-4-10(11,12)8(3)6-13/h7-8H,4-6H2,1-3H3/t8-/m0/s1. The largest absolute Gasteiger partial charge is 0.342 e. The fourth-order valence-corrected chi connectivity index (χ4v) is 1.65. The zero-order valence-electron chi connectivity index (χ0n) is 8.89. The van der Waals surface area contributed by atoms with Gasteiger partial charge in [-0.1, -0.05) is 20.8 Å². The first-order chi connectivity index (χ1) is 6.34. The number of hydrogen-bond acceptors (Lipinski definition) is 1. The maximum absolute atomic E-state index is 13.1. The molecule has 1 aliphatic rings. The Balaban J connectivity index is 2.59. The fraction of sp³-hybridized carbons (Fsp3) is 0.900. The van der Waals surface area contributed by atoms with Crippen molar-refractivity contribution in [1.82, 2.24) is 4.90 Å². The SMILES string of the molecule is CC(C)C(=O)N1CCC(F)(F)[C@@H](C)C1. The molecule has 0 aromatic carbocycles. The highest BCUT2D eigenvalue weighted by atomic mass is 19.3. The van der Waals surface area contributed by atoms with E-state index in [4.69, 9.17) is 0 Å². The van der Waals surface area contributed by atoms with Crippen LogP contribution in [0.4, 0.5) is 8.78 Å². The molecule has 1 rings (SSSR count). The van der Waals surface area contributed by atoms with Gasteiger partial charge in [-0.2, -0.15) is 0 Å². The predicted molar refractivity (Wildman–Crippen MR) is 50.1 cm³/mol. The number of nitrogens with zero attached hydrogens (tertiary/aromatic N) is 1. The van der Waals surface area contributed by atoms with Crippen molar-refractivity contribution in [3.8, 4) is 0 Å². The summed E-state index contributed by atoms with van der Waals surface area (Å²) in [7, 11) is 0. The van der Waals surface area contributed by atoms with Gasteiger partial charge in [0.05, 0.1) is 0 Å². The molecule has 0 unspecified atom stereocenters. The monoisotopic (exact) mass is 205 g/mol. The molecule has 1 saturated heterocycles. The lowest BCUT2D eigenvalue weighted by Gasteiger charge is -2.37. The van der Waals surface area contributed by atoms with Crippen molar-refractivity contribution in [2.75, 3.05) is 13.1 Å². The first-order valence-electron chi connectivity index (χ1n) is 5.01. The van der Waals surface area contributed by atoms with Crippen molar-refractivity contribution in [1.29, 1.82) is 0 Å². The van der Waals surface area contributed by atoms with E-state index < -0.39 is 11.8 Å². The summed E-state index contributed by atoms with van der Waals surface area (Å²) in [4.78, 5) is 13.1. The molecule has 0 saturated carbocycles. The molecule has 0 bridgehead atoms. The van der Waals surface area contributed by atoms with Gasteiger partial charge in [0, 0.05) is 31.3 Å². The van der Waals surface area contributed by atoms with E-state index in [-0.39, 0.29) is 31.3 Å². The van der Waals surface area contributed by atoms with Gasteiger partial charge in [0.1, 0.15) is 0 Å². The van der Waals surface area contributed by atoms with Crippen LogP contribution in [0.5, 0.6) is 0 Å². The topological polar surface area (TPSA) is 20.3 Å².